The van der Waals surface area contributed by atoms with E-state index in [1.165, 1.54) is 5.56 Å². The zero-order chi connectivity index (χ0) is 11.5. The van der Waals surface area contributed by atoms with Gasteiger partial charge in [-0.3, -0.25) is 0 Å². The van der Waals surface area contributed by atoms with Crippen LogP contribution in [0.5, 0.6) is 0 Å². The maximum absolute atomic E-state index is 10.8. The van der Waals surface area contributed by atoms with E-state index in [4.69, 9.17) is 10.5 Å². The van der Waals surface area contributed by atoms with E-state index in [2.05, 4.69) is 5.32 Å². The molecule has 0 saturated carbocycles. The number of aryl methyl sites for hydroxylation is 1. The van der Waals surface area contributed by atoms with Crippen molar-refractivity contribution in [2.45, 2.75) is 17.9 Å². The van der Waals surface area contributed by atoms with Crippen LogP contribution in [0.15, 0.2) is 23.1 Å². The lowest BCUT2D eigenvalue weighted by molar-refractivity contribution is 0.150. The summed E-state index contributed by atoms with van der Waals surface area (Å²) in [6, 6.07) is 5.83. The number of thioether (sulfide) groups is 1. The molecule has 0 aromatic heterocycles. The van der Waals surface area contributed by atoms with Gasteiger partial charge in [-0.15, -0.1) is 11.8 Å². The molecule has 1 atom stereocenters. The Kier molecular flexibility index (Phi) is 3.24. The smallest absolute Gasteiger partial charge is 0.407 e. The summed E-state index contributed by atoms with van der Waals surface area (Å²) in [6.45, 7) is 2.63. The highest BCUT2D eigenvalue weighted by molar-refractivity contribution is 7.99. The molecule has 0 aliphatic carbocycles. The van der Waals surface area contributed by atoms with Gasteiger partial charge in [-0.2, -0.15) is 0 Å². The summed E-state index contributed by atoms with van der Waals surface area (Å²) < 4.78 is 5.05. The predicted octanol–water partition coefficient (Wildman–Crippen LogP) is 1.78. The van der Waals surface area contributed by atoms with E-state index >= 15 is 0 Å². The van der Waals surface area contributed by atoms with Crippen molar-refractivity contribution in [3.63, 3.8) is 0 Å². The number of nitrogens with one attached hydrogen (secondary N) is 1. The van der Waals surface area contributed by atoms with Gasteiger partial charge in [-0.1, -0.05) is 6.07 Å². The molecule has 1 aliphatic heterocycles. The summed E-state index contributed by atoms with van der Waals surface area (Å²) in [5, 5.41) is 2.63. The van der Waals surface area contributed by atoms with E-state index in [9.17, 15) is 4.79 Å². The van der Waals surface area contributed by atoms with Gasteiger partial charge in [0, 0.05) is 16.3 Å². The molecule has 1 aliphatic rings. The molecule has 1 heterocycles. The van der Waals surface area contributed by atoms with Crippen molar-refractivity contribution in [1.82, 2.24) is 5.32 Å². The van der Waals surface area contributed by atoms with Crippen molar-refractivity contribution in [3.8, 4) is 0 Å². The molecule has 86 valence electrons. The van der Waals surface area contributed by atoms with E-state index in [1.54, 1.807) is 11.8 Å². The summed E-state index contributed by atoms with van der Waals surface area (Å²) in [6.07, 6.45) is -0.367. The van der Waals surface area contributed by atoms with E-state index in [-0.39, 0.29) is 12.2 Å². The van der Waals surface area contributed by atoms with Crippen LogP contribution in [0.3, 0.4) is 0 Å². The lowest BCUT2D eigenvalue weighted by atomic mass is 10.2. The van der Waals surface area contributed by atoms with Crippen LogP contribution in [-0.4, -0.2) is 24.5 Å². The summed E-state index contributed by atoms with van der Waals surface area (Å²) in [5.41, 5.74) is 7.67. The third kappa shape index (κ3) is 2.61. The van der Waals surface area contributed by atoms with Gasteiger partial charge in [0.15, 0.2) is 0 Å². The van der Waals surface area contributed by atoms with E-state index in [0.717, 1.165) is 16.3 Å². The van der Waals surface area contributed by atoms with Gasteiger partial charge >= 0.3 is 6.09 Å². The topological polar surface area (TPSA) is 64.3 Å². The Morgan fingerprint density at radius 2 is 2.44 bits per heavy atom. The molecular formula is C11H14N2O2S. The molecule has 2 rings (SSSR count). The van der Waals surface area contributed by atoms with Gasteiger partial charge in [0.25, 0.3) is 0 Å². The number of carbonyl (C=O) groups is 1. The van der Waals surface area contributed by atoms with Crippen LogP contribution in [0.2, 0.25) is 0 Å². The lowest BCUT2D eigenvalue weighted by Crippen LogP contribution is -2.16. The molecule has 1 fully saturated rings. The maximum Gasteiger partial charge on any atom is 0.407 e. The number of ether oxygens (including phenoxy) is 1. The third-order valence-electron chi connectivity index (χ3n) is 2.38. The van der Waals surface area contributed by atoms with Crippen molar-refractivity contribution < 1.29 is 9.53 Å². The fourth-order valence-corrected chi connectivity index (χ4v) is 2.55. The van der Waals surface area contributed by atoms with E-state index in [1.807, 2.05) is 25.1 Å². The Morgan fingerprint density at radius 3 is 3.12 bits per heavy atom. The zero-order valence-corrected chi connectivity index (χ0v) is 9.84. The second-order valence-corrected chi connectivity index (χ2v) is 4.81. The minimum atomic E-state index is -0.324. The third-order valence-corrected chi connectivity index (χ3v) is 3.67. The number of hydrogen-bond acceptors (Lipinski definition) is 4. The summed E-state index contributed by atoms with van der Waals surface area (Å²) in [4.78, 5) is 12.0. The van der Waals surface area contributed by atoms with Gasteiger partial charge < -0.3 is 15.8 Å². The fraction of sp³-hybridized carbons (Fsp3) is 0.364. The molecule has 1 amide bonds. The molecule has 1 unspecified atom stereocenters. The standard InChI is InChI=1S/C11H14N2O2S/c1-7-2-3-8(12)4-10(7)16-6-9-5-13-11(14)15-9/h2-4,9H,5-6,12H2,1H3,(H,13,14). The summed E-state index contributed by atoms with van der Waals surface area (Å²) in [7, 11) is 0. The fourth-order valence-electron chi connectivity index (χ4n) is 1.48. The monoisotopic (exact) mass is 238 g/mol. The Labute approximate surface area is 98.5 Å². The SMILES string of the molecule is Cc1ccc(N)cc1SCC1CNC(=O)O1. The molecule has 1 aromatic carbocycles. The number of nitrogens with two attached hydrogens (primary N) is 1. The first-order chi connectivity index (χ1) is 7.65. The largest absolute Gasteiger partial charge is 0.443 e. The Balaban J connectivity index is 1.94. The Hall–Kier alpha value is -1.36. The number of benzene rings is 1. The highest BCUT2D eigenvalue weighted by Gasteiger charge is 2.22. The molecule has 1 aromatic rings. The number of alkyl carbamates (subject to hydrolysis) is 1. The summed E-state index contributed by atoms with van der Waals surface area (Å²) in [5.74, 6) is 0.753. The van der Waals surface area contributed by atoms with Crippen molar-refractivity contribution in [2.24, 2.45) is 0 Å². The highest BCUT2D eigenvalue weighted by atomic mass is 32.2. The van der Waals surface area contributed by atoms with Crippen molar-refractivity contribution >= 4 is 23.5 Å². The van der Waals surface area contributed by atoms with Crippen LogP contribution >= 0.6 is 11.8 Å². The molecule has 4 nitrogen and oxygen atoms in total. The Bertz CT molecular complexity index is 409. The second-order valence-electron chi connectivity index (χ2n) is 3.74. The molecular weight excluding hydrogens is 224 g/mol. The average Bonchev–Trinajstić information content (AvgIpc) is 2.66. The minimum Gasteiger partial charge on any atom is -0.443 e. The minimum absolute atomic E-state index is 0.0432. The van der Waals surface area contributed by atoms with Crippen molar-refractivity contribution in [2.75, 3.05) is 18.0 Å². The van der Waals surface area contributed by atoms with E-state index in [0.29, 0.717) is 6.54 Å². The van der Waals surface area contributed by atoms with Crippen molar-refractivity contribution in [3.05, 3.63) is 23.8 Å². The predicted molar refractivity (Wildman–Crippen MR) is 64.6 cm³/mol. The average molecular weight is 238 g/mol. The molecule has 1 saturated heterocycles. The van der Waals surface area contributed by atoms with Crippen molar-refractivity contribution in [1.29, 1.82) is 0 Å². The van der Waals surface area contributed by atoms with Gasteiger partial charge in [0.1, 0.15) is 6.10 Å². The normalized spacial score (nSPS) is 19.3. The first kappa shape index (κ1) is 11.1. The quantitative estimate of drug-likeness (QED) is 0.622. The summed E-state index contributed by atoms with van der Waals surface area (Å²) >= 11 is 1.66. The first-order valence-corrected chi connectivity index (χ1v) is 6.07. The maximum atomic E-state index is 10.8. The van der Waals surface area contributed by atoms with Gasteiger partial charge in [-0.05, 0) is 24.6 Å². The molecule has 0 spiro atoms. The zero-order valence-electron chi connectivity index (χ0n) is 9.03. The Morgan fingerprint density at radius 1 is 1.62 bits per heavy atom. The van der Waals surface area contributed by atoms with E-state index < -0.39 is 0 Å². The van der Waals surface area contributed by atoms with Crippen LogP contribution in [0.4, 0.5) is 10.5 Å². The number of rotatable bonds is 3. The van der Waals surface area contributed by atoms with Gasteiger partial charge in [-0.25, -0.2) is 4.79 Å². The van der Waals surface area contributed by atoms with Crippen LogP contribution in [0.1, 0.15) is 5.56 Å². The van der Waals surface area contributed by atoms with Crippen LogP contribution in [-0.2, 0) is 4.74 Å². The molecule has 0 bridgehead atoms. The van der Waals surface area contributed by atoms with Gasteiger partial charge in [0.05, 0.1) is 6.54 Å². The number of amides is 1. The van der Waals surface area contributed by atoms with Gasteiger partial charge in [0.2, 0.25) is 0 Å². The number of hydrogen-bond donors (Lipinski definition) is 2. The van der Waals surface area contributed by atoms with Crippen LogP contribution in [0.25, 0.3) is 0 Å². The molecule has 0 radical (unpaired) electrons. The number of cyclic esters (lactones) is 1. The molecule has 5 heteroatoms. The van der Waals surface area contributed by atoms with Crippen LogP contribution < -0.4 is 11.1 Å². The first-order valence-electron chi connectivity index (χ1n) is 5.08. The second kappa shape index (κ2) is 4.65. The lowest BCUT2D eigenvalue weighted by Gasteiger charge is -2.09. The van der Waals surface area contributed by atoms with Crippen LogP contribution in [0, 0.1) is 6.92 Å². The number of anilines is 1. The molecule has 16 heavy (non-hydrogen) atoms. The number of nitrogen functional groups attached to an aromatic ring is 1. The highest BCUT2D eigenvalue weighted by Crippen LogP contribution is 2.26. The molecule has 3 N–H and O–H groups in total. The number of carbonyl (C=O) groups excluding carboxylic acids is 1.